The molecule has 2 aliphatic carbocycles. The molecule has 0 spiro atoms. The van der Waals surface area contributed by atoms with Crippen LogP contribution in [0.25, 0.3) is 10.8 Å². The Kier molecular flexibility index (Phi) is 3.69. The van der Waals surface area contributed by atoms with Gasteiger partial charge in [0.1, 0.15) is 0 Å². The molecule has 0 unspecified atom stereocenters. The number of aromatic nitrogens is 3. The van der Waals surface area contributed by atoms with Crippen molar-refractivity contribution < 1.29 is 0 Å². The van der Waals surface area contributed by atoms with E-state index >= 15 is 0 Å². The Morgan fingerprint density at radius 1 is 1.05 bits per heavy atom. The van der Waals surface area contributed by atoms with Crippen LogP contribution >= 0.6 is 11.3 Å². The molecule has 0 aliphatic heterocycles. The topological polar surface area (TPSA) is 41.9 Å². The first-order valence-corrected chi connectivity index (χ1v) is 8.75. The lowest BCUT2D eigenvalue weighted by Gasteiger charge is -2.27. The van der Waals surface area contributed by atoms with Crippen LogP contribution in [0.4, 0.5) is 0 Å². The minimum atomic E-state index is 0.743. The zero-order valence-corrected chi connectivity index (χ0v) is 12.9. The molecule has 0 amide bonds. The van der Waals surface area contributed by atoms with Gasteiger partial charge in [0.2, 0.25) is 0 Å². The van der Waals surface area contributed by atoms with E-state index in [1.165, 1.54) is 44.2 Å². The molecule has 0 N–H and O–H groups in total. The average molecular weight is 300 g/mol. The van der Waals surface area contributed by atoms with Gasteiger partial charge in [-0.25, -0.2) is 15.0 Å². The Bertz CT molecular complexity index is 587. The number of thiazole rings is 1. The summed E-state index contributed by atoms with van der Waals surface area (Å²) in [5.41, 5.74) is 1.18. The molecule has 0 radical (unpaired) electrons. The van der Waals surface area contributed by atoms with Crippen molar-refractivity contribution in [2.45, 2.75) is 57.2 Å². The molecular weight excluding hydrogens is 280 g/mol. The van der Waals surface area contributed by atoms with Gasteiger partial charge in [-0.05, 0) is 31.7 Å². The fourth-order valence-corrected chi connectivity index (χ4v) is 4.03. The summed E-state index contributed by atoms with van der Waals surface area (Å²) in [7, 11) is 0. The Morgan fingerprint density at radius 2 is 1.76 bits per heavy atom. The largest absolute Gasteiger partial charge is 0.292 e. The number of hydrogen-bond donors (Lipinski definition) is 0. The molecule has 2 heterocycles. The summed E-state index contributed by atoms with van der Waals surface area (Å²) in [4.78, 5) is 16.0. The lowest BCUT2D eigenvalue weighted by atomic mass is 10.2. The van der Waals surface area contributed by atoms with Gasteiger partial charge in [0.25, 0.3) is 0 Å². The molecule has 21 heavy (non-hydrogen) atoms. The third kappa shape index (κ3) is 2.99. The summed E-state index contributed by atoms with van der Waals surface area (Å²) in [6, 6.07) is 3.44. The predicted molar refractivity (Wildman–Crippen MR) is 84.0 cm³/mol. The van der Waals surface area contributed by atoms with E-state index in [2.05, 4.69) is 20.2 Å². The predicted octanol–water partition coefficient (Wildman–Crippen LogP) is 3.51. The van der Waals surface area contributed by atoms with Crippen molar-refractivity contribution in [2.75, 3.05) is 0 Å². The summed E-state index contributed by atoms with van der Waals surface area (Å²) < 4.78 is 0. The third-order valence-electron chi connectivity index (χ3n) is 4.46. The van der Waals surface area contributed by atoms with Crippen LogP contribution in [-0.2, 0) is 6.54 Å². The molecule has 0 atom stereocenters. The molecule has 4 nitrogen and oxygen atoms in total. The molecule has 5 heteroatoms. The maximum atomic E-state index is 4.75. The highest BCUT2D eigenvalue weighted by Gasteiger charge is 2.35. The van der Waals surface area contributed by atoms with Gasteiger partial charge in [0.15, 0.2) is 10.8 Å². The van der Waals surface area contributed by atoms with E-state index in [-0.39, 0.29) is 0 Å². The van der Waals surface area contributed by atoms with Crippen LogP contribution in [0.3, 0.4) is 0 Å². The van der Waals surface area contributed by atoms with Crippen LogP contribution in [0.2, 0.25) is 0 Å². The zero-order chi connectivity index (χ0) is 14.1. The van der Waals surface area contributed by atoms with Crippen LogP contribution in [0.1, 0.15) is 44.2 Å². The number of rotatable bonds is 5. The highest BCUT2D eigenvalue weighted by Crippen LogP contribution is 2.35. The summed E-state index contributed by atoms with van der Waals surface area (Å²) >= 11 is 1.66. The monoisotopic (exact) mass is 300 g/mol. The van der Waals surface area contributed by atoms with Crippen LogP contribution in [0, 0.1) is 0 Å². The highest BCUT2D eigenvalue weighted by molar-refractivity contribution is 7.13. The maximum absolute atomic E-state index is 4.75. The smallest absolute Gasteiger partial charge is 0.188 e. The van der Waals surface area contributed by atoms with Crippen molar-refractivity contribution >= 4 is 11.3 Å². The van der Waals surface area contributed by atoms with E-state index in [4.69, 9.17) is 4.98 Å². The lowest BCUT2D eigenvalue weighted by molar-refractivity contribution is 0.177. The first-order valence-electron chi connectivity index (χ1n) is 7.88. The molecule has 2 saturated carbocycles. The molecule has 2 aliphatic rings. The molecule has 2 aromatic rings. The van der Waals surface area contributed by atoms with Gasteiger partial charge in [-0.15, -0.1) is 11.3 Å². The van der Waals surface area contributed by atoms with Crippen LogP contribution in [-0.4, -0.2) is 31.9 Å². The van der Waals surface area contributed by atoms with Crippen molar-refractivity contribution in [2.24, 2.45) is 0 Å². The van der Waals surface area contributed by atoms with Gasteiger partial charge in [0, 0.05) is 36.4 Å². The molecular formula is C16H20N4S. The third-order valence-corrected chi connectivity index (χ3v) is 5.35. The minimum Gasteiger partial charge on any atom is -0.292 e. The first-order chi connectivity index (χ1) is 10.4. The minimum absolute atomic E-state index is 0.743. The van der Waals surface area contributed by atoms with E-state index in [1.807, 2.05) is 6.07 Å². The molecule has 2 fully saturated rings. The Labute approximate surface area is 129 Å². The second kappa shape index (κ2) is 5.81. The number of nitrogens with zero attached hydrogens (tertiary/aromatic N) is 4. The summed E-state index contributed by atoms with van der Waals surface area (Å²) in [6.45, 7) is 0.999. The quantitative estimate of drug-likeness (QED) is 0.847. The van der Waals surface area contributed by atoms with E-state index in [0.717, 1.165) is 29.5 Å². The lowest BCUT2D eigenvalue weighted by Crippen LogP contribution is -2.34. The molecule has 4 rings (SSSR count). The van der Waals surface area contributed by atoms with E-state index in [1.54, 1.807) is 23.7 Å². The second-order valence-electron chi connectivity index (χ2n) is 6.06. The maximum Gasteiger partial charge on any atom is 0.188 e. The Hall–Kier alpha value is -1.33. The van der Waals surface area contributed by atoms with Gasteiger partial charge < -0.3 is 0 Å². The summed E-state index contributed by atoms with van der Waals surface area (Å²) in [5.74, 6) is 0.743. The fraction of sp³-hybridized carbons (Fsp3) is 0.562. The summed E-state index contributed by atoms with van der Waals surface area (Å²) in [6.07, 6.45) is 11.8. The van der Waals surface area contributed by atoms with Gasteiger partial charge >= 0.3 is 0 Å². The fourth-order valence-electron chi connectivity index (χ4n) is 3.28. The van der Waals surface area contributed by atoms with Gasteiger partial charge in [-0.2, -0.15) is 0 Å². The van der Waals surface area contributed by atoms with Crippen LogP contribution in [0.5, 0.6) is 0 Å². The van der Waals surface area contributed by atoms with Crippen molar-refractivity contribution in [3.05, 3.63) is 29.5 Å². The average Bonchev–Trinajstić information content (AvgIpc) is 3.03. The molecule has 0 aromatic carbocycles. The molecule has 110 valence electrons. The van der Waals surface area contributed by atoms with E-state index in [9.17, 15) is 0 Å². The number of hydrogen-bond acceptors (Lipinski definition) is 5. The molecule has 0 saturated heterocycles. The highest BCUT2D eigenvalue weighted by atomic mass is 32.1. The van der Waals surface area contributed by atoms with Gasteiger partial charge in [-0.3, -0.25) is 4.90 Å². The zero-order valence-electron chi connectivity index (χ0n) is 12.1. The Balaban J connectivity index is 1.50. The SMILES string of the molecule is c1cnc(-c2nc(CN(C3CCCC3)C3CC3)cs2)nc1. The normalized spacial score (nSPS) is 19.5. The van der Waals surface area contributed by atoms with Crippen molar-refractivity contribution in [3.8, 4) is 10.8 Å². The van der Waals surface area contributed by atoms with E-state index in [0.29, 0.717) is 0 Å². The summed E-state index contributed by atoms with van der Waals surface area (Å²) in [5, 5.41) is 3.11. The van der Waals surface area contributed by atoms with Crippen molar-refractivity contribution in [3.63, 3.8) is 0 Å². The van der Waals surface area contributed by atoms with Gasteiger partial charge in [-0.1, -0.05) is 12.8 Å². The van der Waals surface area contributed by atoms with Crippen molar-refractivity contribution in [1.29, 1.82) is 0 Å². The first kappa shape index (κ1) is 13.3. The van der Waals surface area contributed by atoms with E-state index < -0.39 is 0 Å². The molecule has 0 bridgehead atoms. The van der Waals surface area contributed by atoms with Gasteiger partial charge in [0.05, 0.1) is 5.69 Å². The van der Waals surface area contributed by atoms with Crippen LogP contribution < -0.4 is 0 Å². The Morgan fingerprint density at radius 3 is 2.48 bits per heavy atom. The standard InChI is InChI=1S/C16H20N4S/c1-2-5-13(4-1)20(14-6-7-14)10-12-11-21-16(19-12)15-17-8-3-9-18-15/h3,8-9,11,13-14H,1-2,4-7,10H2. The van der Waals surface area contributed by atoms with Crippen molar-refractivity contribution in [1.82, 2.24) is 19.9 Å². The molecule has 2 aromatic heterocycles. The second-order valence-corrected chi connectivity index (χ2v) is 6.92. The van der Waals surface area contributed by atoms with Crippen LogP contribution in [0.15, 0.2) is 23.8 Å².